The van der Waals surface area contributed by atoms with Crippen molar-refractivity contribution in [2.24, 2.45) is 0 Å². The number of rotatable bonds is 6. The molecule has 1 heterocycles. The van der Waals surface area contributed by atoms with E-state index in [-0.39, 0.29) is 11.3 Å². The van der Waals surface area contributed by atoms with E-state index in [1.165, 1.54) is 18.2 Å². The molecular formula is C15H15ClN2O5S. The van der Waals surface area contributed by atoms with Crippen LogP contribution in [0.25, 0.3) is 0 Å². The van der Waals surface area contributed by atoms with Gasteiger partial charge < -0.3 is 10.1 Å². The Labute approximate surface area is 143 Å². The van der Waals surface area contributed by atoms with Crippen LogP contribution < -0.4 is 10.3 Å². The minimum absolute atomic E-state index is 0.0595. The van der Waals surface area contributed by atoms with Gasteiger partial charge in [0.1, 0.15) is 5.69 Å². The molecule has 2 aromatic rings. The van der Waals surface area contributed by atoms with Crippen molar-refractivity contribution in [3.8, 4) is 0 Å². The number of aliphatic carboxylic acids is 1. The highest BCUT2D eigenvalue weighted by atomic mass is 35.5. The van der Waals surface area contributed by atoms with Gasteiger partial charge in [-0.2, -0.15) is 0 Å². The normalized spacial score (nSPS) is 12.6. The van der Waals surface area contributed by atoms with Gasteiger partial charge in [-0.05, 0) is 24.1 Å². The monoisotopic (exact) mass is 370 g/mol. The Morgan fingerprint density at radius 3 is 2.54 bits per heavy atom. The van der Waals surface area contributed by atoms with Gasteiger partial charge in [0.05, 0.1) is 6.42 Å². The molecule has 0 bridgehead atoms. The van der Waals surface area contributed by atoms with Gasteiger partial charge in [0.15, 0.2) is 4.71 Å². The van der Waals surface area contributed by atoms with E-state index in [2.05, 4.69) is 9.71 Å². The van der Waals surface area contributed by atoms with Crippen LogP contribution in [0, 0.1) is 6.92 Å². The van der Waals surface area contributed by atoms with Crippen LogP contribution in [0.5, 0.6) is 0 Å². The fourth-order valence-electron chi connectivity index (χ4n) is 2.15. The maximum atomic E-state index is 12.4. The first-order valence-electron chi connectivity index (χ1n) is 6.86. The van der Waals surface area contributed by atoms with Crippen LogP contribution in [0.2, 0.25) is 0 Å². The van der Waals surface area contributed by atoms with Crippen molar-refractivity contribution in [1.29, 1.82) is 0 Å². The number of carbonyl (C=O) groups is 1. The summed E-state index contributed by atoms with van der Waals surface area (Å²) in [5.41, 5.74) is -0.264. The molecule has 1 atom stereocenters. The maximum absolute atomic E-state index is 12.4. The fraction of sp³-hybridized carbons (Fsp3) is 0.200. The van der Waals surface area contributed by atoms with Crippen molar-refractivity contribution >= 4 is 33.3 Å². The number of aryl methyl sites for hydroxylation is 1. The van der Waals surface area contributed by atoms with Gasteiger partial charge in [-0.3, -0.25) is 14.3 Å². The Bertz CT molecular complexity index is 909. The zero-order valence-corrected chi connectivity index (χ0v) is 14.2. The molecule has 0 aliphatic carbocycles. The largest absolute Gasteiger partial charge is 0.481 e. The average Bonchev–Trinajstić information content (AvgIpc) is 2.50. The lowest BCUT2D eigenvalue weighted by atomic mass is 10.1. The summed E-state index contributed by atoms with van der Waals surface area (Å²) >= 11 is 6.01. The number of hydrogen-bond donors (Lipinski definition) is 3. The lowest BCUT2D eigenvalue weighted by Crippen LogP contribution is -2.25. The lowest BCUT2D eigenvalue weighted by molar-refractivity contribution is -0.136. The van der Waals surface area contributed by atoms with E-state index in [9.17, 15) is 18.0 Å². The predicted molar refractivity (Wildman–Crippen MR) is 90.7 cm³/mol. The van der Waals surface area contributed by atoms with Crippen LogP contribution in [0.15, 0.2) is 41.2 Å². The van der Waals surface area contributed by atoms with E-state index in [4.69, 9.17) is 16.7 Å². The van der Waals surface area contributed by atoms with Crippen molar-refractivity contribution in [2.45, 2.75) is 18.1 Å². The van der Waals surface area contributed by atoms with Crippen molar-refractivity contribution in [3.05, 3.63) is 63.6 Å². The number of carboxylic acid groups (broad SMARTS) is 1. The second-order valence-corrected chi connectivity index (χ2v) is 7.59. The number of nitrogens with one attached hydrogen (secondary N) is 2. The highest BCUT2D eigenvalue weighted by molar-refractivity contribution is 7.94. The van der Waals surface area contributed by atoms with E-state index < -0.39 is 32.7 Å². The van der Waals surface area contributed by atoms with E-state index in [0.29, 0.717) is 11.3 Å². The second-order valence-electron chi connectivity index (χ2n) is 5.13. The van der Waals surface area contributed by atoms with Crippen LogP contribution in [-0.2, 0) is 21.2 Å². The first-order valence-corrected chi connectivity index (χ1v) is 8.84. The molecule has 0 radical (unpaired) electrons. The summed E-state index contributed by atoms with van der Waals surface area (Å²) in [5, 5.41) is 8.94. The molecule has 0 aliphatic rings. The number of aromatic nitrogens is 1. The Balaban J connectivity index is 2.43. The van der Waals surface area contributed by atoms with Crippen LogP contribution in [0.1, 0.15) is 21.5 Å². The molecule has 24 heavy (non-hydrogen) atoms. The van der Waals surface area contributed by atoms with Gasteiger partial charge in [0.2, 0.25) is 0 Å². The van der Waals surface area contributed by atoms with Gasteiger partial charge in [0.25, 0.3) is 15.6 Å². The molecular weight excluding hydrogens is 356 g/mol. The van der Waals surface area contributed by atoms with Crippen LogP contribution in [0.4, 0.5) is 5.69 Å². The number of sulfonamides is 1. The zero-order valence-electron chi connectivity index (χ0n) is 12.6. The van der Waals surface area contributed by atoms with Crippen molar-refractivity contribution in [1.82, 2.24) is 4.98 Å². The molecule has 2 rings (SSSR count). The fourth-order valence-corrected chi connectivity index (χ4v) is 3.56. The molecule has 0 saturated carbocycles. The Hall–Kier alpha value is -2.32. The van der Waals surface area contributed by atoms with E-state index >= 15 is 0 Å². The number of anilines is 1. The summed E-state index contributed by atoms with van der Waals surface area (Å²) in [6.07, 6.45) is -0.499. The third kappa shape index (κ3) is 4.15. The Morgan fingerprint density at radius 2 is 1.96 bits per heavy atom. The summed E-state index contributed by atoms with van der Waals surface area (Å²) in [4.78, 5) is 25.4. The summed E-state index contributed by atoms with van der Waals surface area (Å²) in [6, 6.07) is 9.45. The number of halogens is 1. The van der Waals surface area contributed by atoms with Crippen molar-refractivity contribution in [3.63, 3.8) is 0 Å². The molecule has 0 spiro atoms. The highest BCUT2D eigenvalue weighted by Gasteiger charge is 2.27. The summed E-state index contributed by atoms with van der Waals surface area (Å²) in [5.74, 6) is -1.19. The van der Waals surface area contributed by atoms with E-state index in [1.807, 2.05) is 0 Å². The van der Waals surface area contributed by atoms with Gasteiger partial charge >= 0.3 is 5.97 Å². The molecule has 128 valence electrons. The molecule has 1 unspecified atom stereocenters. The van der Waals surface area contributed by atoms with E-state index in [0.717, 1.165) is 0 Å². The highest BCUT2D eigenvalue weighted by Crippen LogP contribution is 2.28. The van der Waals surface area contributed by atoms with Crippen LogP contribution in [-0.4, -0.2) is 24.5 Å². The maximum Gasteiger partial charge on any atom is 0.307 e. The number of pyridine rings is 1. The second kappa shape index (κ2) is 7.06. The van der Waals surface area contributed by atoms with Crippen LogP contribution >= 0.6 is 11.6 Å². The van der Waals surface area contributed by atoms with Gasteiger partial charge in [-0.25, -0.2) is 8.42 Å². The summed E-state index contributed by atoms with van der Waals surface area (Å²) in [6.45, 7) is 1.57. The summed E-state index contributed by atoms with van der Waals surface area (Å²) in [7, 11) is -4.16. The molecule has 3 N–H and O–H groups in total. The third-order valence-corrected chi connectivity index (χ3v) is 5.43. The van der Waals surface area contributed by atoms with Crippen molar-refractivity contribution in [2.75, 3.05) is 4.72 Å². The molecule has 1 aromatic carbocycles. The van der Waals surface area contributed by atoms with E-state index in [1.54, 1.807) is 25.1 Å². The van der Waals surface area contributed by atoms with Crippen LogP contribution in [0.3, 0.4) is 0 Å². The SMILES string of the molecule is Cc1cc(CC(=O)O)c(NS(=O)(=O)C(Cl)c2ccccc2)c(=O)[nH]1. The van der Waals surface area contributed by atoms with Crippen molar-refractivity contribution < 1.29 is 18.3 Å². The molecule has 0 saturated heterocycles. The molecule has 9 heteroatoms. The minimum Gasteiger partial charge on any atom is -0.481 e. The quantitative estimate of drug-likeness (QED) is 0.672. The molecule has 1 aromatic heterocycles. The number of aromatic amines is 1. The standard InChI is InChI=1S/C15H15ClN2O5S/c1-9-7-11(8-12(19)20)13(15(21)17-9)18-24(22,23)14(16)10-5-3-2-4-6-10/h2-7,14,18H,8H2,1H3,(H,17,21)(H,19,20). The first kappa shape index (κ1) is 18.0. The number of alkyl halides is 1. The number of H-pyrrole nitrogens is 1. The molecule has 7 nitrogen and oxygen atoms in total. The molecule has 0 aliphatic heterocycles. The summed E-state index contributed by atoms with van der Waals surface area (Å²) < 4.78 is 25.6. The zero-order chi connectivity index (χ0) is 17.9. The first-order chi connectivity index (χ1) is 11.2. The van der Waals surface area contributed by atoms with Gasteiger partial charge in [-0.15, -0.1) is 0 Å². The topological polar surface area (TPSA) is 116 Å². The molecule has 0 fully saturated rings. The Morgan fingerprint density at radius 1 is 1.33 bits per heavy atom. The minimum atomic E-state index is -4.16. The number of benzene rings is 1. The smallest absolute Gasteiger partial charge is 0.307 e. The Kier molecular flexibility index (Phi) is 5.30. The van der Waals surface area contributed by atoms with Gasteiger partial charge in [-0.1, -0.05) is 41.9 Å². The molecule has 0 amide bonds. The predicted octanol–water partition coefficient (Wildman–Crippen LogP) is 1.99. The number of hydrogen-bond acceptors (Lipinski definition) is 4. The number of carboxylic acids is 1. The third-order valence-electron chi connectivity index (χ3n) is 3.17. The average molecular weight is 371 g/mol. The van der Waals surface area contributed by atoms with Gasteiger partial charge in [0, 0.05) is 5.69 Å². The lowest BCUT2D eigenvalue weighted by Gasteiger charge is -2.15.